The first-order valence-corrected chi connectivity index (χ1v) is 8.42. The maximum absolute atomic E-state index is 4.32. The third-order valence-corrected chi connectivity index (χ3v) is 4.01. The van der Waals surface area contributed by atoms with Crippen molar-refractivity contribution >= 4 is 29.9 Å². The molecule has 4 nitrogen and oxygen atoms in total. The molecule has 0 aromatic rings. The molecular formula is C16H35IN4. The van der Waals surface area contributed by atoms with E-state index >= 15 is 0 Å². The van der Waals surface area contributed by atoms with Gasteiger partial charge in [0, 0.05) is 32.2 Å². The third-order valence-electron chi connectivity index (χ3n) is 4.01. The van der Waals surface area contributed by atoms with Crippen LogP contribution in [-0.4, -0.2) is 49.6 Å². The minimum absolute atomic E-state index is 0. The first-order valence-electron chi connectivity index (χ1n) is 8.42. The van der Waals surface area contributed by atoms with Gasteiger partial charge in [0.1, 0.15) is 0 Å². The highest BCUT2D eigenvalue weighted by molar-refractivity contribution is 14.0. The van der Waals surface area contributed by atoms with Gasteiger partial charge in [0.2, 0.25) is 0 Å². The molecule has 0 aromatic carbocycles. The third kappa shape index (κ3) is 9.55. The lowest BCUT2D eigenvalue weighted by atomic mass is 10.1. The highest BCUT2D eigenvalue weighted by atomic mass is 127. The van der Waals surface area contributed by atoms with E-state index in [0.29, 0.717) is 6.04 Å². The van der Waals surface area contributed by atoms with Crippen LogP contribution in [-0.2, 0) is 0 Å². The van der Waals surface area contributed by atoms with E-state index in [9.17, 15) is 0 Å². The van der Waals surface area contributed by atoms with E-state index in [4.69, 9.17) is 0 Å². The van der Waals surface area contributed by atoms with E-state index in [-0.39, 0.29) is 24.0 Å². The molecule has 126 valence electrons. The maximum atomic E-state index is 4.32. The van der Waals surface area contributed by atoms with Crippen molar-refractivity contribution in [3.63, 3.8) is 0 Å². The zero-order valence-corrected chi connectivity index (χ0v) is 16.7. The number of rotatable bonds is 10. The lowest BCUT2D eigenvalue weighted by molar-refractivity contribution is 0.282. The molecule has 2 N–H and O–H groups in total. The quantitative estimate of drug-likeness (QED) is 0.252. The second-order valence-corrected chi connectivity index (χ2v) is 5.90. The molecule has 21 heavy (non-hydrogen) atoms. The van der Waals surface area contributed by atoms with Crippen LogP contribution in [0.25, 0.3) is 0 Å². The Hall–Kier alpha value is -0.0400. The highest BCUT2D eigenvalue weighted by Gasteiger charge is 2.27. The number of nitrogens with one attached hydrogen (secondary N) is 2. The second kappa shape index (κ2) is 12.5. The molecule has 0 aromatic heterocycles. The van der Waals surface area contributed by atoms with Crippen molar-refractivity contribution in [2.24, 2.45) is 4.99 Å². The maximum Gasteiger partial charge on any atom is 0.191 e. The standard InChI is InChI=1S/C16H34N4.HI/c1-5-7-8-9-14(3)19-16(17-4)18-12-13-20(6-2)15-10-11-15;/h14-15H,5-13H2,1-4H3,(H2,17,18,19);1H. The van der Waals surface area contributed by atoms with Gasteiger partial charge in [-0.25, -0.2) is 0 Å². The Morgan fingerprint density at radius 2 is 2.00 bits per heavy atom. The molecule has 0 radical (unpaired) electrons. The Morgan fingerprint density at radius 3 is 2.52 bits per heavy atom. The summed E-state index contributed by atoms with van der Waals surface area (Å²) in [4.78, 5) is 6.88. The summed E-state index contributed by atoms with van der Waals surface area (Å²) in [5.41, 5.74) is 0. The smallest absolute Gasteiger partial charge is 0.191 e. The molecule has 1 saturated carbocycles. The molecule has 1 aliphatic rings. The SMILES string of the molecule is CCCCCC(C)NC(=NC)NCCN(CC)C1CC1.I. The first-order chi connectivity index (χ1) is 9.71. The number of aliphatic imine (C=N–C) groups is 1. The van der Waals surface area contributed by atoms with Gasteiger partial charge in [-0.3, -0.25) is 9.89 Å². The summed E-state index contributed by atoms with van der Waals surface area (Å²) in [6, 6.07) is 1.35. The number of guanidine groups is 1. The Labute approximate surface area is 148 Å². The molecule has 0 heterocycles. The number of likely N-dealkylation sites (N-methyl/N-ethyl adjacent to an activating group) is 1. The van der Waals surface area contributed by atoms with Gasteiger partial charge in [-0.15, -0.1) is 24.0 Å². The molecule has 1 fully saturated rings. The minimum atomic E-state index is 0. The van der Waals surface area contributed by atoms with E-state index in [2.05, 4.69) is 41.3 Å². The molecule has 5 heteroatoms. The zero-order chi connectivity index (χ0) is 14.8. The van der Waals surface area contributed by atoms with Gasteiger partial charge in [-0.1, -0.05) is 33.1 Å². The van der Waals surface area contributed by atoms with Gasteiger partial charge in [0.25, 0.3) is 0 Å². The van der Waals surface area contributed by atoms with Crippen molar-refractivity contribution in [3.8, 4) is 0 Å². The average molecular weight is 410 g/mol. The summed E-state index contributed by atoms with van der Waals surface area (Å²) < 4.78 is 0. The Bertz CT molecular complexity index is 279. The van der Waals surface area contributed by atoms with Crippen LogP contribution in [0, 0.1) is 0 Å². The van der Waals surface area contributed by atoms with Crippen molar-refractivity contribution in [1.82, 2.24) is 15.5 Å². The van der Waals surface area contributed by atoms with E-state index in [1.807, 2.05) is 7.05 Å². The lowest BCUT2D eigenvalue weighted by Crippen LogP contribution is -2.45. The van der Waals surface area contributed by atoms with Gasteiger partial charge < -0.3 is 10.6 Å². The van der Waals surface area contributed by atoms with Gasteiger partial charge in [-0.05, 0) is 32.7 Å². The van der Waals surface area contributed by atoms with Gasteiger partial charge in [0.05, 0.1) is 0 Å². The molecule has 0 aliphatic heterocycles. The number of halogens is 1. The highest BCUT2D eigenvalue weighted by Crippen LogP contribution is 2.25. The molecule has 0 spiro atoms. The zero-order valence-electron chi connectivity index (χ0n) is 14.3. The molecule has 1 aliphatic carbocycles. The molecule has 1 rings (SSSR count). The predicted octanol–water partition coefficient (Wildman–Crippen LogP) is 3.22. The summed E-state index contributed by atoms with van der Waals surface area (Å²) in [7, 11) is 1.85. The van der Waals surface area contributed by atoms with Gasteiger partial charge in [-0.2, -0.15) is 0 Å². The molecule has 0 saturated heterocycles. The monoisotopic (exact) mass is 410 g/mol. The number of nitrogens with zero attached hydrogens (tertiary/aromatic N) is 2. The molecule has 1 atom stereocenters. The van der Waals surface area contributed by atoms with Crippen molar-refractivity contribution in [2.45, 2.75) is 71.4 Å². The van der Waals surface area contributed by atoms with Crippen LogP contribution < -0.4 is 10.6 Å². The molecule has 0 amide bonds. The van der Waals surface area contributed by atoms with Crippen LogP contribution in [0.3, 0.4) is 0 Å². The van der Waals surface area contributed by atoms with Gasteiger partial charge >= 0.3 is 0 Å². The van der Waals surface area contributed by atoms with Crippen LogP contribution in [0.1, 0.15) is 59.3 Å². The Kier molecular flexibility index (Phi) is 12.5. The molecule has 1 unspecified atom stereocenters. The van der Waals surface area contributed by atoms with Crippen LogP contribution >= 0.6 is 24.0 Å². The number of hydrogen-bond acceptors (Lipinski definition) is 2. The minimum Gasteiger partial charge on any atom is -0.355 e. The predicted molar refractivity (Wildman–Crippen MR) is 104 cm³/mol. The normalized spacial score (nSPS) is 16.5. The molecular weight excluding hydrogens is 375 g/mol. The fourth-order valence-electron chi connectivity index (χ4n) is 2.56. The fourth-order valence-corrected chi connectivity index (χ4v) is 2.56. The van der Waals surface area contributed by atoms with Crippen LogP contribution in [0.4, 0.5) is 0 Å². The Balaban J connectivity index is 0.00000400. The largest absolute Gasteiger partial charge is 0.355 e. The molecule has 0 bridgehead atoms. The van der Waals surface area contributed by atoms with Crippen molar-refractivity contribution in [3.05, 3.63) is 0 Å². The van der Waals surface area contributed by atoms with E-state index in [1.54, 1.807) is 0 Å². The van der Waals surface area contributed by atoms with Crippen LogP contribution in [0.2, 0.25) is 0 Å². The number of unbranched alkanes of at least 4 members (excludes halogenated alkanes) is 2. The summed E-state index contributed by atoms with van der Waals surface area (Å²) in [6.07, 6.45) is 7.90. The summed E-state index contributed by atoms with van der Waals surface area (Å²) in [5, 5.41) is 6.92. The van der Waals surface area contributed by atoms with Crippen LogP contribution in [0.5, 0.6) is 0 Å². The lowest BCUT2D eigenvalue weighted by Gasteiger charge is -2.22. The van der Waals surface area contributed by atoms with Gasteiger partial charge in [0.15, 0.2) is 5.96 Å². The topological polar surface area (TPSA) is 39.7 Å². The summed E-state index contributed by atoms with van der Waals surface area (Å²) >= 11 is 0. The van der Waals surface area contributed by atoms with E-state index in [0.717, 1.165) is 31.6 Å². The van der Waals surface area contributed by atoms with Crippen molar-refractivity contribution in [2.75, 3.05) is 26.7 Å². The first kappa shape index (κ1) is 21.0. The Morgan fingerprint density at radius 1 is 1.29 bits per heavy atom. The van der Waals surface area contributed by atoms with Crippen molar-refractivity contribution in [1.29, 1.82) is 0 Å². The van der Waals surface area contributed by atoms with Crippen molar-refractivity contribution < 1.29 is 0 Å². The van der Waals surface area contributed by atoms with E-state index in [1.165, 1.54) is 38.5 Å². The summed E-state index contributed by atoms with van der Waals surface area (Å²) in [5.74, 6) is 0.945. The average Bonchev–Trinajstić information content (AvgIpc) is 3.27. The summed E-state index contributed by atoms with van der Waals surface area (Å²) in [6.45, 7) is 9.99. The van der Waals surface area contributed by atoms with Crippen LogP contribution in [0.15, 0.2) is 4.99 Å². The van der Waals surface area contributed by atoms with E-state index < -0.39 is 0 Å². The fraction of sp³-hybridized carbons (Fsp3) is 0.938. The number of hydrogen-bond donors (Lipinski definition) is 2. The second-order valence-electron chi connectivity index (χ2n) is 5.90.